The molecule has 140 valence electrons. The van der Waals surface area contributed by atoms with Gasteiger partial charge in [-0.15, -0.1) is 0 Å². The highest BCUT2D eigenvalue weighted by Gasteiger charge is 2.22. The summed E-state index contributed by atoms with van der Waals surface area (Å²) in [6.45, 7) is 4.40. The molecule has 2 N–H and O–H groups in total. The Morgan fingerprint density at radius 3 is 2.74 bits per heavy atom. The molecule has 0 bridgehead atoms. The maximum absolute atomic E-state index is 13.5. The van der Waals surface area contributed by atoms with E-state index in [0.29, 0.717) is 44.2 Å². The molecule has 0 aliphatic carbocycles. The number of aromatic nitrogens is 2. The molecule has 0 unspecified atom stereocenters. The third kappa shape index (κ3) is 3.20. The van der Waals surface area contributed by atoms with E-state index >= 15 is 0 Å². The van der Waals surface area contributed by atoms with Gasteiger partial charge in [0, 0.05) is 31.4 Å². The van der Waals surface area contributed by atoms with Crippen molar-refractivity contribution in [2.75, 3.05) is 26.3 Å². The standard InChI is InChI=1S/C20H21FN4O2/c1-13-8-15(21)2-3-16(13)17-12-25-18(11-23-19(25)9-14(17)10-22)20(26)24-4-6-27-7-5-24/h2-3,8-9,11-12H,4-7,10,22H2,1H3. The molecule has 0 saturated carbocycles. The first-order valence-electron chi connectivity index (χ1n) is 8.92. The number of hydrogen-bond acceptors (Lipinski definition) is 4. The number of amides is 1. The molecule has 1 amide bonds. The van der Waals surface area contributed by atoms with Crippen LogP contribution >= 0.6 is 0 Å². The number of halogens is 1. The average Bonchev–Trinajstić information content (AvgIpc) is 3.10. The summed E-state index contributed by atoms with van der Waals surface area (Å²) in [5.74, 6) is -0.356. The maximum atomic E-state index is 13.5. The summed E-state index contributed by atoms with van der Waals surface area (Å²) in [5.41, 5.74) is 10.6. The molecule has 1 saturated heterocycles. The zero-order valence-electron chi connectivity index (χ0n) is 15.1. The van der Waals surface area contributed by atoms with Crippen LogP contribution in [0.3, 0.4) is 0 Å². The van der Waals surface area contributed by atoms with Crippen LogP contribution in [0.2, 0.25) is 0 Å². The van der Waals surface area contributed by atoms with E-state index in [1.807, 2.05) is 19.2 Å². The molecule has 3 heterocycles. The number of fused-ring (bicyclic) bond motifs is 1. The zero-order valence-corrected chi connectivity index (χ0v) is 15.1. The van der Waals surface area contributed by atoms with Gasteiger partial charge in [0.25, 0.3) is 5.91 Å². The van der Waals surface area contributed by atoms with Crippen LogP contribution in [0.4, 0.5) is 4.39 Å². The number of imidazole rings is 1. The molecule has 1 aliphatic heterocycles. The summed E-state index contributed by atoms with van der Waals surface area (Å²) in [6, 6.07) is 6.55. The molecule has 0 atom stereocenters. The molecule has 6 nitrogen and oxygen atoms in total. The molecule has 1 aromatic carbocycles. The van der Waals surface area contributed by atoms with Crippen LogP contribution in [-0.4, -0.2) is 46.5 Å². The summed E-state index contributed by atoms with van der Waals surface area (Å²) in [4.78, 5) is 19.1. The van der Waals surface area contributed by atoms with E-state index in [0.717, 1.165) is 22.3 Å². The predicted molar refractivity (Wildman–Crippen MR) is 99.9 cm³/mol. The van der Waals surface area contributed by atoms with Crippen molar-refractivity contribution in [2.24, 2.45) is 5.73 Å². The van der Waals surface area contributed by atoms with Crippen LogP contribution in [-0.2, 0) is 11.3 Å². The lowest BCUT2D eigenvalue weighted by Crippen LogP contribution is -2.41. The molecular weight excluding hydrogens is 347 g/mol. The molecule has 2 aromatic heterocycles. The van der Waals surface area contributed by atoms with E-state index in [1.165, 1.54) is 12.1 Å². The fourth-order valence-corrected chi connectivity index (χ4v) is 3.49. The summed E-state index contributed by atoms with van der Waals surface area (Å²) in [5, 5.41) is 0. The van der Waals surface area contributed by atoms with Gasteiger partial charge in [0.15, 0.2) is 0 Å². The van der Waals surface area contributed by atoms with Gasteiger partial charge in [-0.1, -0.05) is 6.07 Å². The summed E-state index contributed by atoms with van der Waals surface area (Å²) in [7, 11) is 0. The van der Waals surface area contributed by atoms with E-state index in [9.17, 15) is 9.18 Å². The Morgan fingerprint density at radius 2 is 2.04 bits per heavy atom. The van der Waals surface area contributed by atoms with Crippen molar-refractivity contribution in [1.29, 1.82) is 0 Å². The summed E-state index contributed by atoms with van der Waals surface area (Å²) < 4.78 is 20.6. The molecule has 27 heavy (non-hydrogen) atoms. The third-order valence-electron chi connectivity index (χ3n) is 4.95. The molecular formula is C20H21FN4O2. The monoisotopic (exact) mass is 368 g/mol. The first-order chi connectivity index (χ1) is 13.1. The minimum absolute atomic E-state index is 0.0759. The smallest absolute Gasteiger partial charge is 0.272 e. The van der Waals surface area contributed by atoms with E-state index < -0.39 is 0 Å². The van der Waals surface area contributed by atoms with E-state index in [1.54, 1.807) is 21.6 Å². The van der Waals surface area contributed by atoms with Crippen molar-refractivity contribution in [3.63, 3.8) is 0 Å². The molecule has 4 rings (SSSR count). The topological polar surface area (TPSA) is 72.9 Å². The molecule has 1 aliphatic rings. The van der Waals surface area contributed by atoms with Crippen molar-refractivity contribution >= 4 is 11.6 Å². The van der Waals surface area contributed by atoms with Crippen LogP contribution in [0.5, 0.6) is 0 Å². The number of aryl methyl sites for hydroxylation is 1. The zero-order chi connectivity index (χ0) is 19.0. The Balaban J connectivity index is 1.83. The second kappa shape index (κ2) is 7.09. The second-order valence-electron chi connectivity index (χ2n) is 6.65. The van der Waals surface area contributed by atoms with E-state index in [-0.39, 0.29) is 11.7 Å². The van der Waals surface area contributed by atoms with Gasteiger partial charge in [-0.3, -0.25) is 9.20 Å². The molecule has 3 aromatic rings. The number of hydrogen-bond donors (Lipinski definition) is 1. The van der Waals surface area contributed by atoms with E-state index in [4.69, 9.17) is 10.5 Å². The van der Waals surface area contributed by atoms with Gasteiger partial charge < -0.3 is 15.4 Å². The van der Waals surface area contributed by atoms with Crippen molar-refractivity contribution in [1.82, 2.24) is 14.3 Å². The van der Waals surface area contributed by atoms with E-state index in [2.05, 4.69) is 4.98 Å². The lowest BCUT2D eigenvalue weighted by atomic mass is 9.97. The van der Waals surface area contributed by atoms with Crippen LogP contribution in [0.1, 0.15) is 21.6 Å². The van der Waals surface area contributed by atoms with Gasteiger partial charge in [0.2, 0.25) is 0 Å². The van der Waals surface area contributed by atoms with Gasteiger partial charge in [-0.2, -0.15) is 0 Å². The number of carbonyl (C=O) groups excluding carboxylic acids is 1. The number of nitrogens with zero attached hydrogens (tertiary/aromatic N) is 3. The minimum Gasteiger partial charge on any atom is -0.378 e. The minimum atomic E-state index is -0.280. The summed E-state index contributed by atoms with van der Waals surface area (Å²) >= 11 is 0. The predicted octanol–water partition coefficient (Wildman–Crippen LogP) is 2.38. The Bertz CT molecular complexity index is 1010. The fourth-order valence-electron chi connectivity index (χ4n) is 3.49. The first kappa shape index (κ1) is 17.6. The average molecular weight is 368 g/mol. The van der Waals surface area contributed by atoms with Gasteiger partial charge in [-0.05, 0) is 41.8 Å². The normalized spacial score (nSPS) is 14.7. The third-order valence-corrected chi connectivity index (χ3v) is 4.95. The largest absolute Gasteiger partial charge is 0.378 e. The highest BCUT2D eigenvalue weighted by molar-refractivity contribution is 5.93. The van der Waals surface area contributed by atoms with Gasteiger partial charge in [-0.25, -0.2) is 9.37 Å². The fraction of sp³-hybridized carbons (Fsp3) is 0.300. The highest BCUT2D eigenvalue weighted by atomic mass is 19.1. The Morgan fingerprint density at radius 1 is 1.26 bits per heavy atom. The maximum Gasteiger partial charge on any atom is 0.272 e. The molecule has 0 spiro atoms. The number of ether oxygens (including phenoxy) is 1. The first-order valence-corrected chi connectivity index (χ1v) is 8.92. The molecule has 1 fully saturated rings. The Labute approximate surface area is 156 Å². The number of rotatable bonds is 3. The van der Waals surface area contributed by atoms with Gasteiger partial charge in [0.05, 0.1) is 19.4 Å². The van der Waals surface area contributed by atoms with Crippen molar-refractivity contribution < 1.29 is 13.9 Å². The second-order valence-corrected chi connectivity index (χ2v) is 6.65. The quantitative estimate of drug-likeness (QED) is 0.770. The summed E-state index contributed by atoms with van der Waals surface area (Å²) in [6.07, 6.45) is 3.47. The number of pyridine rings is 1. The number of morpholine rings is 1. The van der Waals surface area contributed by atoms with Crippen LogP contribution in [0.15, 0.2) is 36.7 Å². The van der Waals surface area contributed by atoms with Crippen molar-refractivity contribution in [3.05, 3.63) is 59.3 Å². The lowest BCUT2D eigenvalue weighted by molar-refractivity contribution is 0.0298. The van der Waals surface area contributed by atoms with Crippen molar-refractivity contribution in [2.45, 2.75) is 13.5 Å². The highest BCUT2D eigenvalue weighted by Crippen LogP contribution is 2.29. The van der Waals surface area contributed by atoms with Crippen LogP contribution in [0.25, 0.3) is 16.8 Å². The molecule has 0 radical (unpaired) electrons. The van der Waals surface area contributed by atoms with Gasteiger partial charge >= 0.3 is 0 Å². The number of nitrogens with two attached hydrogens (primary N) is 1. The van der Waals surface area contributed by atoms with Gasteiger partial charge in [0.1, 0.15) is 17.2 Å². The SMILES string of the molecule is Cc1cc(F)ccc1-c1cn2c(C(=O)N3CCOCC3)cnc2cc1CN. The Kier molecular flexibility index (Phi) is 4.63. The lowest BCUT2D eigenvalue weighted by Gasteiger charge is -2.26. The van der Waals surface area contributed by atoms with Crippen LogP contribution in [0, 0.1) is 12.7 Å². The Hall–Kier alpha value is -2.77. The molecule has 7 heteroatoms. The number of benzene rings is 1. The number of carbonyl (C=O) groups is 1. The van der Waals surface area contributed by atoms with Crippen molar-refractivity contribution in [3.8, 4) is 11.1 Å². The van der Waals surface area contributed by atoms with Crippen LogP contribution < -0.4 is 5.73 Å².